The lowest BCUT2D eigenvalue weighted by Gasteiger charge is -2.06. The van der Waals surface area contributed by atoms with Gasteiger partial charge < -0.3 is 0 Å². The number of halogens is 1. The molecule has 0 aliphatic rings. The van der Waals surface area contributed by atoms with Crippen LogP contribution in [0.2, 0.25) is 0 Å². The number of hydrogen-bond acceptors (Lipinski definition) is 2. The van der Waals surface area contributed by atoms with E-state index in [0.717, 1.165) is 10.0 Å². The summed E-state index contributed by atoms with van der Waals surface area (Å²) >= 11 is 3.39. The average Bonchev–Trinajstić information content (AvgIpc) is 2.56. The van der Waals surface area contributed by atoms with Gasteiger partial charge in [0.15, 0.2) is 5.78 Å². The van der Waals surface area contributed by atoms with Crippen molar-refractivity contribution in [1.82, 2.24) is 0 Å². The first kappa shape index (κ1) is 16.0. The zero-order valence-corrected chi connectivity index (χ0v) is 13.4. The zero-order chi connectivity index (χ0) is 15.8. The van der Waals surface area contributed by atoms with Gasteiger partial charge in [-0.25, -0.2) is 0 Å². The molecule has 0 N–H and O–H groups in total. The van der Waals surface area contributed by atoms with Gasteiger partial charge in [0, 0.05) is 27.1 Å². The Bertz CT molecular complexity index is 717. The maximum atomic E-state index is 12.6. The molecule has 0 unspecified atom stereocenters. The van der Waals surface area contributed by atoms with Gasteiger partial charge in [-0.05, 0) is 35.7 Å². The monoisotopic (exact) mass is 355 g/mol. The zero-order valence-electron chi connectivity index (χ0n) is 11.8. The number of ketones is 1. The predicted molar refractivity (Wildman–Crippen MR) is 91.5 cm³/mol. The highest BCUT2D eigenvalue weighted by atomic mass is 79.9. The highest BCUT2D eigenvalue weighted by Gasteiger charge is 2.11. The van der Waals surface area contributed by atoms with Crippen molar-refractivity contribution in [3.63, 3.8) is 0 Å². The molecule has 0 radical (unpaired) electrons. The van der Waals surface area contributed by atoms with E-state index < -0.39 is 0 Å². The van der Waals surface area contributed by atoms with E-state index in [1.54, 1.807) is 12.1 Å². The van der Waals surface area contributed by atoms with E-state index in [0.29, 0.717) is 17.6 Å². The number of carbonyl (C=O) groups is 1. The van der Waals surface area contributed by atoms with Crippen LogP contribution < -0.4 is 0 Å². The summed E-state index contributed by atoms with van der Waals surface area (Å²) in [5.74, 6) is -0.0448. The number of carbonyl (C=O) groups excluding carboxylic acids is 1. The van der Waals surface area contributed by atoms with E-state index in [4.69, 9.17) is 5.53 Å². The predicted octanol–water partition coefficient (Wildman–Crippen LogP) is 5.42. The van der Waals surface area contributed by atoms with Gasteiger partial charge in [0.25, 0.3) is 0 Å². The van der Waals surface area contributed by atoms with Gasteiger partial charge in [-0.2, -0.15) is 0 Å². The highest BCUT2D eigenvalue weighted by molar-refractivity contribution is 9.10. The molecular weight excluding hydrogens is 342 g/mol. The molecule has 0 aliphatic heterocycles. The minimum Gasteiger partial charge on any atom is -0.289 e. The molecule has 0 saturated carbocycles. The van der Waals surface area contributed by atoms with Crippen LogP contribution in [0.25, 0.3) is 16.5 Å². The fraction of sp³-hybridized carbons (Fsp3) is 0.118. The van der Waals surface area contributed by atoms with Crippen molar-refractivity contribution >= 4 is 27.8 Å². The van der Waals surface area contributed by atoms with Crippen LogP contribution in [-0.2, 0) is 0 Å². The maximum Gasteiger partial charge on any atom is 0.189 e. The Morgan fingerprint density at radius 3 is 2.45 bits per heavy atom. The molecule has 2 rings (SSSR count). The van der Waals surface area contributed by atoms with Crippen LogP contribution in [0, 0.1) is 0 Å². The standard InChI is InChI=1S/C17H14BrN3O/c18-16-8-6-13(7-9-16)12-15(10-11-20-21-19)17(22)14-4-2-1-3-5-14/h1-9,12H,10-11H2/b15-12-. The molecule has 2 aromatic carbocycles. The average molecular weight is 356 g/mol. The Hall–Kier alpha value is -2.36. The van der Waals surface area contributed by atoms with Crippen LogP contribution in [0.5, 0.6) is 0 Å². The van der Waals surface area contributed by atoms with Crippen molar-refractivity contribution in [3.05, 3.63) is 86.2 Å². The van der Waals surface area contributed by atoms with Crippen LogP contribution in [0.4, 0.5) is 0 Å². The third-order valence-electron chi connectivity index (χ3n) is 3.08. The van der Waals surface area contributed by atoms with Gasteiger partial charge in [0.1, 0.15) is 0 Å². The van der Waals surface area contributed by atoms with Crippen LogP contribution in [0.3, 0.4) is 0 Å². The summed E-state index contributed by atoms with van der Waals surface area (Å²) in [7, 11) is 0. The first-order valence-corrected chi connectivity index (χ1v) is 7.57. The van der Waals surface area contributed by atoms with Crippen LogP contribution in [-0.4, -0.2) is 12.3 Å². The summed E-state index contributed by atoms with van der Waals surface area (Å²) in [5, 5.41) is 3.52. The summed E-state index contributed by atoms with van der Waals surface area (Å²) in [6.07, 6.45) is 2.25. The fourth-order valence-electron chi connectivity index (χ4n) is 2.00. The summed E-state index contributed by atoms with van der Waals surface area (Å²) in [6.45, 7) is 0.261. The van der Waals surface area contributed by atoms with Crippen molar-refractivity contribution in [1.29, 1.82) is 0 Å². The quantitative estimate of drug-likeness (QED) is 0.224. The lowest BCUT2D eigenvalue weighted by atomic mass is 9.98. The number of azide groups is 1. The molecule has 110 valence electrons. The summed E-state index contributed by atoms with van der Waals surface area (Å²) in [5.41, 5.74) is 10.6. The molecule has 0 aromatic heterocycles. The van der Waals surface area contributed by atoms with E-state index in [2.05, 4.69) is 26.0 Å². The van der Waals surface area contributed by atoms with E-state index in [9.17, 15) is 4.79 Å². The largest absolute Gasteiger partial charge is 0.289 e. The lowest BCUT2D eigenvalue weighted by molar-refractivity contribution is 0.103. The third-order valence-corrected chi connectivity index (χ3v) is 3.61. The van der Waals surface area contributed by atoms with Gasteiger partial charge in [0.2, 0.25) is 0 Å². The summed E-state index contributed by atoms with van der Waals surface area (Å²) in [6, 6.07) is 16.8. The van der Waals surface area contributed by atoms with Gasteiger partial charge in [-0.3, -0.25) is 4.79 Å². The Morgan fingerprint density at radius 2 is 1.82 bits per heavy atom. The fourth-order valence-corrected chi connectivity index (χ4v) is 2.27. The van der Waals surface area contributed by atoms with Gasteiger partial charge in [0.05, 0.1) is 0 Å². The molecule has 2 aromatic rings. The molecule has 0 heterocycles. The van der Waals surface area contributed by atoms with Crippen molar-refractivity contribution in [2.24, 2.45) is 5.11 Å². The molecule has 0 saturated heterocycles. The second kappa shape index (κ2) is 8.17. The number of Topliss-reactive ketones (excluding diaryl/α,β-unsaturated/α-hetero) is 1. The normalized spacial score (nSPS) is 10.9. The molecule has 4 nitrogen and oxygen atoms in total. The molecule has 0 spiro atoms. The van der Waals surface area contributed by atoms with E-state index >= 15 is 0 Å². The molecule has 0 atom stereocenters. The van der Waals surface area contributed by atoms with Crippen molar-refractivity contribution in [3.8, 4) is 0 Å². The minimum atomic E-state index is -0.0448. The number of hydrogen-bond donors (Lipinski definition) is 0. The van der Waals surface area contributed by atoms with Crippen molar-refractivity contribution in [2.75, 3.05) is 6.54 Å². The van der Waals surface area contributed by atoms with Crippen LogP contribution in [0.1, 0.15) is 22.3 Å². The molecule has 0 fully saturated rings. The first-order chi connectivity index (χ1) is 10.7. The molecule has 5 heteroatoms. The van der Waals surface area contributed by atoms with Crippen LogP contribution >= 0.6 is 15.9 Å². The molecular formula is C17H14BrN3O. The van der Waals surface area contributed by atoms with Crippen molar-refractivity contribution < 1.29 is 4.79 Å². The number of benzene rings is 2. The lowest BCUT2D eigenvalue weighted by Crippen LogP contribution is -2.04. The third kappa shape index (κ3) is 4.58. The Balaban J connectivity index is 2.31. The Labute approximate surface area is 137 Å². The van der Waals surface area contributed by atoms with E-state index in [-0.39, 0.29) is 12.3 Å². The summed E-state index contributed by atoms with van der Waals surface area (Å²) < 4.78 is 0.981. The van der Waals surface area contributed by atoms with Gasteiger partial charge in [-0.15, -0.1) is 0 Å². The topological polar surface area (TPSA) is 65.8 Å². The van der Waals surface area contributed by atoms with E-state index in [1.165, 1.54) is 0 Å². The molecule has 0 aliphatic carbocycles. The first-order valence-electron chi connectivity index (χ1n) is 6.77. The van der Waals surface area contributed by atoms with Crippen LogP contribution in [0.15, 0.2) is 69.8 Å². The summed E-state index contributed by atoms with van der Waals surface area (Å²) in [4.78, 5) is 15.3. The molecule has 0 bridgehead atoms. The highest BCUT2D eigenvalue weighted by Crippen LogP contribution is 2.18. The Morgan fingerprint density at radius 1 is 1.14 bits per heavy atom. The molecule has 22 heavy (non-hydrogen) atoms. The SMILES string of the molecule is [N-]=[N+]=NCC/C(=C/c1ccc(Br)cc1)C(=O)c1ccccc1. The van der Waals surface area contributed by atoms with Crippen molar-refractivity contribution in [2.45, 2.75) is 6.42 Å². The van der Waals surface area contributed by atoms with E-state index in [1.807, 2.05) is 48.5 Å². The maximum absolute atomic E-state index is 12.6. The number of rotatable bonds is 6. The Kier molecular flexibility index (Phi) is 5.95. The second-order valence-electron chi connectivity index (χ2n) is 4.62. The smallest absolute Gasteiger partial charge is 0.189 e. The molecule has 0 amide bonds. The minimum absolute atomic E-state index is 0.0448. The van der Waals surface area contributed by atoms with Gasteiger partial charge in [-0.1, -0.05) is 63.5 Å². The number of nitrogens with zero attached hydrogens (tertiary/aromatic N) is 3. The van der Waals surface area contributed by atoms with Gasteiger partial charge >= 0.3 is 0 Å². The second-order valence-corrected chi connectivity index (χ2v) is 5.54.